The molecule has 0 fully saturated rings. The highest BCUT2D eigenvalue weighted by Gasteiger charge is 2.21. The van der Waals surface area contributed by atoms with Crippen LogP contribution in [0.4, 0.5) is 8.78 Å². The molecule has 5 nitrogen and oxygen atoms in total. The zero-order valence-electron chi connectivity index (χ0n) is 14.0. The number of pyridine rings is 1. The third kappa shape index (κ3) is 3.06. The van der Waals surface area contributed by atoms with Gasteiger partial charge in [-0.15, -0.1) is 0 Å². The molecule has 0 radical (unpaired) electrons. The molecule has 0 N–H and O–H groups in total. The lowest BCUT2D eigenvalue weighted by atomic mass is 9.85. The Kier molecular flexibility index (Phi) is 3.95. The molecule has 0 bridgehead atoms. The van der Waals surface area contributed by atoms with Crippen LogP contribution in [-0.2, 0) is 19.1 Å². The molecule has 0 aliphatic carbocycles. The minimum absolute atomic E-state index is 0.0940. The average molecular weight is 332 g/mol. The summed E-state index contributed by atoms with van der Waals surface area (Å²) < 4.78 is 34.7. The maximum absolute atomic E-state index is 13.7. The number of nitrogens with zero attached hydrogens (tertiary/aromatic N) is 4. The number of halogens is 2. The molecular formula is C17H18F2N4O. The van der Waals surface area contributed by atoms with E-state index in [2.05, 4.69) is 15.1 Å². The van der Waals surface area contributed by atoms with Gasteiger partial charge in [0.1, 0.15) is 6.33 Å². The largest absolute Gasteiger partial charge is 0.469 e. The zero-order valence-corrected chi connectivity index (χ0v) is 14.0. The highest BCUT2D eigenvalue weighted by molar-refractivity contribution is 5.90. The SMILES string of the molecule is Cn1cnc(COc2ncc(C(C)(C)C)c3cc(F)c(F)cc23)n1. The number of benzene rings is 1. The molecule has 1 aromatic carbocycles. The van der Waals surface area contributed by atoms with Crippen molar-refractivity contribution in [1.29, 1.82) is 0 Å². The van der Waals surface area contributed by atoms with E-state index in [1.165, 1.54) is 6.07 Å². The smallest absolute Gasteiger partial charge is 0.221 e. The van der Waals surface area contributed by atoms with Gasteiger partial charge in [-0.3, -0.25) is 4.68 Å². The first-order valence-corrected chi connectivity index (χ1v) is 7.51. The van der Waals surface area contributed by atoms with Crippen molar-refractivity contribution in [3.63, 3.8) is 0 Å². The number of fused-ring (bicyclic) bond motifs is 1. The second-order valence-electron chi connectivity index (χ2n) is 6.66. The predicted octanol–water partition coefficient (Wildman–Crippen LogP) is 3.52. The summed E-state index contributed by atoms with van der Waals surface area (Å²) in [6, 6.07) is 2.31. The van der Waals surface area contributed by atoms with Gasteiger partial charge in [0.2, 0.25) is 5.88 Å². The Morgan fingerprint density at radius 3 is 2.33 bits per heavy atom. The first kappa shape index (κ1) is 16.3. The Morgan fingerprint density at radius 1 is 1.08 bits per heavy atom. The first-order valence-electron chi connectivity index (χ1n) is 7.51. The number of hydrogen-bond donors (Lipinski definition) is 0. The lowest BCUT2D eigenvalue weighted by Gasteiger charge is -2.22. The second-order valence-corrected chi connectivity index (χ2v) is 6.66. The van der Waals surface area contributed by atoms with E-state index in [0.29, 0.717) is 16.6 Å². The van der Waals surface area contributed by atoms with Crippen LogP contribution in [0.25, 0.3) is 10.8 Å². The van der Waals surface area contributed by atoms with E-state index in [1.54, 1.807) is 24.3 Å². The fourth-order valence-electron chi connectivity index (χ4n) is 2.50. The molecule has 0 unspecified atom stereocenters. The molecule has 7 heteroatoms. The summed E-state index contributed by atoms with van der Waals surface area (Å²) >= 11 is 0. The molecule has 2 aromatic heterocycles. The standard InChI is InChI=1S/C17H18F2N4O/c1-17(2,3)12-7-20-16(24-8-15-21-9-23(4)22-15)11-6-14(19)13(18)5-10(11)12/h5-7,9H,8H2,1-4H3. The molecule has 0 amide bonds. The third-order valence-corrected chi connectivity index (χ3v) is 3.68. The van der Waals surface area contributed by atoms with Crippen molar-refractivity contribution in [2.45, 2.75) is 32.8 Å². The monoisotopic (exact) mass is 332 g/mol. The van der Waals surface area contributed by atoms with E-state index in [4.69, 9.17) is 4.74 Å². The summed E-state index contributed by atoms with van der Waals surface area (Å²) in [6.07, 6.45) is 3.20. The van der Waals surface area contributed by atoms with E-state index in [9.17, 15) is 8.78 Å². The summed E-state index contributed by atoms with van der Waals surface area (Å²) in [4.78, 5) is 8.36. The maximum Gasteiger partial charge on any atom is 0.221 e. The number of ether oxygens (including phenoxy) is 1. The van der Waals surface area contributed by atoms with Crippen LogP contribution in [0.3, 0.4) is 0 Å². The van der Waals surface area contributed by atoms with Crippen molar-refractivity contribution >= 4 is 10.8 Å². The van der Waals surface area contributed by atoms with E-state index in [1.807, 2.05) is 20.8 Å². The van der Waals surface area contributed by atoms with Crippen LogP contribution in [0.15, 0.2) is 24.7 Å². The molecule has 0 aliphatic rings. The van der Waals surface area contributed by atoms with Crippen molar-refractivity contribution in [1.82, 2.24) is 19.7 Å². The lowest BCUT2D eigenvalue weighted by molar-refractivity contribution is 0.287. The summed E-state index contributed by atoms with van der Waals surface area (Å²) in [5.41, 5.74) is 0.552. The Bertz CT molecular complexity index is 899. The maximum atomic E-state index is 13.7. The van der Waals surface area contributed by atoms with Gasteiger partial charge in [-0.05, 0) is 28.5 Å². The molecule has 2 heterocycles. The molecule has 126 valence electrons. The minimum atomic E-state index is -0.934. The van der Waals surface area contributed by atoms with Crippen LogP contribution >= 0.6 is 0 Å². The lowest BCUT2D eigenvalue weighted by Crippen LogP contribution is -2.13. The Balaban J connectivity index is 2.06. The summed E-state index contributed by atoms with van der Waals surface area (Å²) in [7, 11) is 1.75. The van der Waals surface area contributed by atoms with Gasteiger partial charge in [0.15, 0.2) is 24.1 Å². The van der Waals surface area contributed by atoms with Crippen LogP contribution in [0, 0.1) is 11.6 Å². The highest BCUT2D eigenvalue weighted by Crippen LogP contribution is 2.34. The zero-order chi connectivity index (χ0) is 17.5. The van der Waals surface area contributed by atoms with Gasteiger partial charge in [0.25, 0.3) is 0 Å². The molecule has 0 aliphatic heterocycles. The van der Waals surface area contributed by atoms with Gasteiger partial charge < -0.3 is 4.74 Å². The molecule has 0 saturated carbocycles. The molecule has 0 spiro atoms. The van der Waals surface area contributed by atoms with Crippen LogP contribution in [-0.4, -0.2) is 19.7 Å². The highest BCUT2D eigenvalue weighted by atomic mass is 19.2. The van der Waals surface area contributed by atoms with E-state index in [0.717, 1.165) is 11.6 Å². The predicted molar refractivity (Wildman–Crippen MR) is 85.7 cm³/mol. The summed E-state index contributed by atoms with van der Waals surface area (Å²) in [5.74, 6) is -1.12. The Hall–Kier alpha value is -2.57. The number of hydrogen-bond acceptors (Lipinski definition) is 4. The summed E-state index contributed by atoms with van der Waals surface area (Å²) in [6.45, 7) is 6.06. The van der Waals surface area contributed by atoms with Crippen LogP contribution in [0.1, 0.15) is 32.2 Å². The quantitative estimate of drug-likeness (QED) is 0.736. The van der Waals surface area contributed by atoms with Crippen molar-refractivity contribution in [3.05, 3.63) is 47.7 Å². The van der Waals surface area contributed by atoms with Gasteiger partial charge in [-0.1, -0.05) is 20.8 Å². The minimum Gasteiger partial charge on any atom is -0.469 e. The fraction of sp³-hybridized carbons (Fsp3) is 0.353. The fourth-order valence-corrected chi connectivity index (χ4v) is 2.50. The van der Waals surface area contributed by atoms with Crippen LogP contribution < -0.4 is 4.74 Å². The van der Waals surface area contributed by atoms with Gasteiger partial charge in [0, 0.05) is 18.6 Å². The van der Waals surface area contributed by atoms with E-state index < -0.39 is 11.6 Å². The summed E-state index contributed by atoms with van der Waals surface area (Å²) in [5, 5.41) is 5.12. The normalized spacial score (nSPS) is 11.9. The number of rotatable bonds is 3. The molecule has 0 atom stereocenters. The molecule has 3 rings (SSSR count). The topological polar surface area (TPSA) is 52.8 Å². The molecule has 3 aromatic rings. The second kappa shape index (κ2) is 5.81. The van der Waals surface area contributed by atoms with Crippen molar-refractivity contribution in [3.8, 4) is 5.88 Å². The molecule has 0 saturated heterocycles. The third-order valence-electron chi connectivity index (χ3n) is 3.68. The van der Waals surface area contributed by atoms with Gasteiger partial charge in [-0.25, -0.2) is 18.7 Å². The van der Waals surface area contributed by atoms with Gasteiger partial charge in [0.05, 0.1) is 0 Å². The van der Waals surface area contributed by atoms with Crippen LogP contribution in [0.2, 0.25) is 0 Å². The Labute approximate surface area is 138 Å². The molecular weight excluding hydrogens is 314 g/mol. The van der Waals surface area contributed by atoms with Gasteiger partial charge in [-0.2, -0.15) is 5.10 Å². The van der Waals surface area contributed by atoms with E-state index in [-0.39, 0.29) is 17.9 Å². The van der Waals surface area contributed by atoms with Crippen LogP contribution in [0.5, 0.6) is 5.88 Å². The number of aromatic nitrogens is 4. The Morgan fingerprint density at radius 2 is 1.75 bits per heavy atom. The first-order chi connectivity index (χ1) is 11.3. The van der Waals surface area contributed by atoms with Crippen molar-refractivity contribution < 1.29 is 13.5 Å². The van der Waals surface area contributed by atoms with E-state index >= 15 is 0 Å². The van der Waals surface area contributed by atoms with Crippen molar-refractivity contribution in [2.75, 3.05) is 0 Å². The number of aryl methyl sites for hydroxylation is 1. The van der Waals surface area contributed by atoms with Gasteiger partial charge >= 0.3 is 0 Å². The molecule has 24 heavy (non-hydrogen) atoms. The van der Waals surface area contributed by atoms with Crippen molar-refractivity contribution in [2.24, 2.45) is 7.05 Å². The average Bonchev–Trinajstić information content (AvgIpc) is 2.90.